The molecule has 3 amide bonds. The van der Waals surface area contributed by atoms with Crippen LogP contribution in [-0.2, 0) is 16.1 Å². The number of para-hydroxylation sites is 1. The first-order chi connectivity index (χ1) is 22.5. The second kappa shape index (κ2) is 14.0. The maximum atomic E-state index is 14.4. The van der Waals surface area contributed by atoms with Crippen LogP contribution in [0.25, 0.3) is 11.0 Å². The molecule has 6 rings (SSSR count). The van der Waals surface area contributed by atoms with Gasteiger partial charge in [-0.05, 0) is 79.1 Å². The number of carbonyl (C=O) groups excluding carboxylic acids is 3. The van der Waals surface area contributed by atoms with E-state index in [1.807, 2.05) is 24.3 Å². The highest BCUT2D eigenvalue weighted by atomic mass is 16.5. The first-order valence-electron chi connectivity index (χ1n) is 15.4. The molecule has 0 bridgehead atoms. The Labute approximate surface area is 266 Å². The molecule has 0 spiro atoms. The smallest absolute Gasteiger partial charge is 0.274 e. The number of anilines is 2. The maximum Gasteiger partial charge on any atom is 0.274 e. The van der Waals surface area contributed by atoms with Gasteiger partial charge in [0.2, 0.25) is 11.8 Å². The third kappa shape index (κ3) is 6.88. The molecule has 1 unspecified atom stereocenters. The van der Waals surface area contributed by atoms with Crippen molar-refractivity contribution in [3.05, 3.63) is 108 Å². The minimum absolute atomic E-state index is 0.0300. The first-order valence-corrected chi connectivity index (χ1v) is 15.4. The minimum Gasteiger partial charge on any atom is -0.497 e. The van der Waals surface area contributed by atoms with Gasteiger partial charge in [0.1, 0.15) is 29.5 Å². The van der Waals surface area contributed by atoms with E-state index in [0.29, 0.717) is 33.7 Å². The first kappa shape index (κ1) is 30.4. The fourth-order valence-electron chi connectivity index (χ4n) is 5.80. The molecule has 1 saturated carbocycles. The summed E-state index contributed by atoms with van der Waals surface area (Å²) in [7, 11) is 1.58. The topological polar surface area (TPSA) is 131 Å². The minimum atomic E-state index is -0.996. The van der Waals surface area contributed by atoms with Gasteiger partial charge in [-0.3, -0.25) is 24.3 Å². The molecule has 0 saturated heterocycles. The number of methoxy groups -OCH3 is 1. The van der Waals surface area contributed by atoms with Crippen molar-refractivity contribution in [1.82, 2.24) is 25.3 Å². The van der Waals surface area contributed by atoms with Crippen molar-refractivity contribution in [3.8, 4) is 5.75 Å². The van der Waals surface area contributed by atoms with Gasteiger partial charge in [0.05, 0.1) is 12.6 Å². The van der Waals surface area contributed by atoms with Crippen LogP contribution in [0.1, 0.15) is 54.2 Å². The number of pyridine rings is 1. The number of aromatic nitrogens is 4. The van der Waals surface area contributed by atoms with Crippen LogP contribution in [0.5, 0.6) is 5.75 Å². The highest BCUT2D eigenvalue weighted by Crippen LogP contribution is 2.32. The summed E-state index contributed by atoms with van der Waals surface area (Å²) in [6, 6.07) is 25.5. The molecule has 5 aromatic rings. The van der Waals surface area contributed by atoms with Crippen LogP contribution in [0.4, 0.5) is 11.4 Å². The van der Waals surface area contributed by atoms with Crippen LogP contribution in [-0.4, -0.2) is 50.9 Å². The Morgan fingerprint density at radius 1 is 0.913 bits per heavy atom. The van der Waals surface area contributed by atoms with Crippen LogP contribution in [0.15, 0.2) is 97.2 Å². The molecular weight excluding hydrogens is 582 g/mol. The second-order valence-electron chi connectivity index (χ2n) is 11.2. The standard InChI is InChI=1S/C35H35N7O4/c1-46-28-20-14-24(15-21-28)33(35(45)38-25-9-3-2-4-10-25)42(32(43)23-41-31-13-6-5-11-29(31)39-40-41)27-18-16-26(17-19-27)37-34(44)30-12-7-8-22-36-30/h5-8,11-22,25,33H,2-4,9-10,23H2,1H3,(H,37,44)(H,38,45). The molecule has 2 aromatic heterocycles. The summed E-state index contributed by atoms with van der Waals surface area (Å²) in [5.41, 5.74) is 3.26. The van der Waals surface area contributed by atoms with E-state index in [0.717, 1.165) is 32.1 Å². The lowest BCUT2D eigenvalue weighted by Crippen LogP contribution is -2.48. The van der Waals surface area contributed by atoms with Crippen molar-refractivity contribution < 1.29 is 19.1 Å². The number of fused-ring (bicyclic) bond motifs is 1. The van der Waals surface area contributed by atoms with E-state index >= 15 is 0 Å². The third-order valence-corrected chi connectivity index (χ3v) is 8.16. The van der Waals surface area contributed by atoms with Gasteiger partial charge in [0, 0.05) is 23.6 Å². The monoisotopic (exact) mass is 617 g/mol. The molecule has 2 N–H and O–H groups in total. The molecule has 1 fully saturated rings. The Morgan fingerprint density at radius 3 is 2.37 bits per heavy atom. The zero-order chi connectivity index (χ0) is 31.9. The average molecular weight is 618 g/mol. The van der Waals surface area contributed by atoms with Crippen LogP contribution in [0.2, 0.25) is 0 Å². The van der Waals surface area contributed by atoms with Crippen LogP contribution in [0.3, 0.4) is 0 Å². The Balaban J connectivity index is 1.37. The van der Waals surface area contributed by atoms with Crippen molar-refractivity contribution in [2.45, 2.75) is 50.7 Å². The zero-order valence-corrected chi connectivity index (χ0v) is 25.5. The second-order valence-corrected chi connectivity index (χ2v) is 11.2. The lowest BCUT2D eigenvalue weighted by Gasteiger charge is -2.33. The van der Waals surface area contributed by atoms with Crippen molar-refractivity contribution >= 4 is 40.1 Å². The van der Waals surface area contributed by atoms with E-state index in [2.05, 4.69) is 25.9 Å². The van der Waals surface area contributed by atoms with Gasteiger partial charge < -0.3 is 15.4 Å². The average Bonchev–Trinajstić information content (AvgIpc) is 3.51. The van der Waals surface area contributed by atoms with Crippen molar-refractivity contribution in [3.63, 3.8) is 0 Å². The Morgan fingerprint density at radius 2 is 1.65 bits per heavy atom. The predicted octanol–water partition coefficient (Wildman–Crippen LogP) is 5.31. The van der Waals surface area contributed by atoms with E-state index in [1.54, 1.807) is 80.0 Å². The number of benzene rings is 3. The zero-order valence-electron chi connectivity index (χ0n) is 25.5. The molecule has 0 aliphatic heterocycles. The number of carbonyl (C=O) groups is 3. The molecule has 2 heterocycles. The molecule has 1 aliphatic carbocycles. The van der Waals surface area contributed by atoms with E-state index in [9.17, 15) is 14.4 Å². The van der Waals surface area contributed by atoms with Crippen LogP contribution in [0, 0.1) is 0 Å². The lowest BCUT2D eigenvalue weighted by atomic mass is 9.94. The Bertz CT molecular complexity index is 1800. The largest absolute Gasteiger partial charge is 0.497 e. The van der Waals surface area contributed by atoms with Gasteiger partial charge in [-0.1, -0.05) is 54.8 Å². The van der Waals surface area contributed by atoms with Gasteiger partial charge in [-0.15, -0.1) is 5.10 Å². The van der Waals surface area contributed by atoms with Gasteiger partial charge in [-0.25, -0.2) is 4.68 Å². The Kier molecular flexibility index (Phi) is 9.28. The number of nitrogens with zero attached hydrogens (tertiary/aromatic N) is 5. The Hall–Kier alpha value is -5.58. The fraction of sp³-hybridized carbons (Fsp3) is 0.257. The van der Waals surface area contributed by atoms with E-state index < -0.39 is 6.04 Å². The highest BCUT2D eigenvalue weighted by Gasteiger charge is 2.34. The third-order valence-electron chi connectivity index (χ3n) is 8.16. The number of amides is 3. The summed E-state index contributed by atoms with van der Waals surface area (Å²) < 4.78 is 6.91. The molecular formula is C35H35N7O4. The molecule has 11 heteroatoms. The normalized spacial score (nSPS) is 13.9. The number of hydrogen-bond acceptors (Lipinski definition) is 7. The number of ether oxygens (including phenoxy) is 1. The lowest BCUT2D eigenvalue weighted by molar-refractivity contribution is -0.127. The highest BCUT2D eigenvalue weighted by molar-refractivity contribution is 6.04. The maximum absolute atomic E-state index is 14.4. The molecule has 234 valence electrons. The van der Waals surface area contributed by atoms with E-state index in [1.165, 1.54) is 9.58 Å². The number of rotatable bonds is 10. The van der Waals surface area contributed by atoms with E-state index in [4.69, 9.17) is 4.74 Å². The molecule has 1 aliphatic rings. The van der Waals surface area contributed by atoms with Gasteiger partial charge >= 0.3 is 0 Å². The van der Waals surface area contributed by atoms with Crippen LogP contribution < -0.4 is 20.3 Å². The number of hydrogen-bond donors (Lipinski definition) is 2. The van der Waals surface area contributed by atoms with Gasteiger partial charge in [-0.2, -0.15) is 0 Å². The molecule has 46 heavy (non-hydrogen) atoms. The predicted molar refractivity (Wildman–Crippen MR) is 174 cm³/mol. The quantitative estimate of drug-likeness (QED) is 0.217. The summed E-state index contributed by atoms with van der Waals surface area (Å²) in [5.74, 6) is -0.362. The summed E-state index contributed by atoms with van der Waals surface area (Å²) in [5, 5.41) is 14.5. The van der Waals surface area contributed by atoms with Crippen molar-refractivity contribution in [1.29, 1.82) is 0 Å². The SMILES string of the molecule is COc1ccc(C(C(=O)NC2CCCCC2)N(C(=O)Cn2nnc3ccccc32)c2ccc(NC(=O)c3ccccn3)cc2)cc1. The summed E-state index contributed by atoms with van der Waals surface area (Å²) in [6.07, 6.45) is 6.58. The summed E-state index contributed by atoms with van der Waals surface area (Å²) in [6.45, 7) is -0.151. The molecule has 11 nitrogen and oxygen atoms in total. The fourth-order valence-corrected chi connectivity index (χ4v) is 5.80. The summed E-state index contributed by atoms with van der Waals surface area (Å²) in [4.78, 5) is 47.0. The number of nitrogens with one attached hydrogen (secondary N) is 2. The summed E-state index contributed by atoms with van der Waals surface area (Å²) >= 11 is 0. The molecule has 1 atom stereocenters. The van der Waals surface area contributed by atoms with Gasteiger partial charge in [0.25, 0.3) is 5.91 Å². The molecule has 3 aromatic carbocycles. The van der Waals surface area contributed by atoms with Crippen LogP contribution >= 0.6 is 0 Å². The van der Waals surface area contributed by atoms with Gasteiger partial charge in [0.15, 0.2) is 0 Å². The van der Waals surface area contributed by atoms with E-state index in [-0.39, 0.29) is 36.0 Å². The molecule has 0 radical (unpaired) electrons. The van der Waals surface area contributed by atoms with Crippen molar-refractivity contribution in [2.75, 3.05) is 17.3 Å². The van der Waals surface area contributed by atoms with Crippen molar-refractivity contribution in [2.24, 2.45) is 0 Å².